The molecule has 0 aliphatic heterocycles. The normalized spacial score (nSPS) is 11.8. The lowest BCUT2D eigenvalue weighted by atomic mass is 10.2. The molecule has 0 saturated heterocycles. The van der Waals surface area contributed by atoms with Gasteiger partial charge in [-0.3, -0.25) is 4.79 Å². The van der Waals surface area contributed by atoms with Crippen molar-refractivity contribution >= 4 is 34.8 Å². The van der Waals surface area contributed by atoms with Gasteiger partial charge in [0.2, 0.25) is 0 Å². The smallest absolute Gasteiger partial charge is 0.266 e. The molecule has 22 heavy (non-hydrogen) atoms. The van der Waals surface area contributed by atoms with Crippen LogP contribution < -0.4 is 5.56 Å². The number of alkyl halides is 2. The van der Waals surface area contributed by atoms with Gasteiger partial charge in [0.25, 0.3) is 11.5 Å². The molecule has 2 aromatic rings. The van der Waals surface area contributed by atoms with Gasteiger partial charge in [-0.25, -0.2) is 13.8 Å². The van der Waals surface area contributed by atoms with Crippen LogP contribution in [-0.4, -0.2) is 14.8 Å². The number of aromatic nitrogens is 3. The molecule has 0 saturated carbocycles. The van der Waals surface area contributed by atoms with Crippen LogP contribution in [-0.2, 0) is 5.92 Å². The van der Waals surface area contributed by atoms with Gasteiger partial charge >= 0.3 is 0 Å². The minimum absolute atomic E-state index is 0.127. The number of hydrogen-bond acceptors (Lipinski definition) is 3. The molecule has 9 heteroatoms. The summed E-state index contributed by atoms with van der Waals surface area (Å²) in [6.45, 7) is 3.86. The maximum Gasteiger partial charge on any atom is 0.292 e. The largest absolute Gasteiger partial charge is 0.292 e. The Kier molecular flexibility index (Phi) is 4.48. The van der Waals surface area contributed by atoms with Gasteiger partial charge in [-0.2, -0.15) is 9.78 Å². The molecule has 2 aromatic heterocycles. The van der Waals surface area contributed by atoms with Crippen LogP contribution >= 0.6 is 34.8 Å². The van der Waals surface area contributed by atoms with Crippen molar-refractivity contribution in [2.75, 3.05) is 0 Å². The summed E-state index contributed by atoms with van der Waals surface area (Å²) >= 11 is 17.5. The maximum absolute atomic E-state index is 13.5. The molecule has 118 valence electrons. The van der Waals surface area contributed by atoms with Gasteiger partial charge in [-0.15, -0.1) is 0 Å². The average Bonchev–Trinajstić information content (AvgIpc) is 2.37. The molecule has 0 fully saturated rings. The third-order valence-corrected chi connectivity index (χ3v) is 3.95. The second-order valence-electron chi connectivity index (χ2n) is 4.78. The van der Waals surface area contributed by atoms with Crippen LogP contribution in [0.4, 0.5) is 8.78 Å². The van der Waals surface area contributed by atoms with Crippen molar-refractivity contribution in [2.45, 2.75) is 26.7 Å². The van der Waals surface area contributed by atoms with Gasteiger partial charge in [0.1, 0.15) is 5.02 Å². The molecular formula is C13H10Cl3F2N3O. The van der Waals surface area contributed by atoms with E-state index >= 15 is 0 Å². The zero-order valence-corrected chi connectivity index (χ0v) is 14.0. The van der Waals surface area contributed by atoms with Crippen LogP contribution in [0.1, 0.15) is 23.7 Å². The van der Waals surface area contributed by atoms with E-state index in [1.165, 1.54) is 0 Å². The van der Waals surface area contributed by atoms with Crippen molar-refractivity contribution in [3.05, 3.63) is 48.4 Å². The first-order chi connectivity index (χ1) is 10.0. The summed E-state index contributed by atoms with van der Waals surface area (Å²) in [4.78, 5) is 16.4. The van der Waals surface area contributed by atoms with Gasteiger partial charge in [-0.1, -0.05) is 34.8 Å². The molecule has 0 atom stereocenters. The first kappa shape index (κ1) is 17.1. The molecule has 0 radical (unpaired) electrons. The number of rotatable bonds is 2. The summed E-state index contributed by atoms with van der Waals surface area (Å²) in [6.07, 6.45) is 0. The standard InChI is InChI=1S/C13H10Cl3F2N3O/c1-5-4-7(14)6(2)19-11(5)21-12(22)9(15)8(10(16)20-21)13(3,17)18/h4H,1-3H3. The molecule has 0 unspecified atom stereocenters. The minimum atomic E-state index is -3.39. The minimum Gasteiger partial charge on any atom is -0.266 e. The molecule has 0 N–H and O–H groups in total. The second-order valence-corrected chi connectivity index (χ2v) is 5.92. The first-order valence-corrected chi connectivity index (χ1v) is 7.18. The highest BCUT2D eigenvalue weighted by Crippen LogP contribution is 2.35. The van der Waals surface area contributed by atoms with Crippen LogP contribution in [0, 0.1) is 13.8 Å². The third kappa shape index (κ3) is 2.95. The van der Waals surface area contributed by atoms with Crippen LogP contribution in [0.25, 0.3) is 5.82 Å². The predicted octanol–water partition coefficient (Wildman–Crippen LogP) is 4.32. The van der Waals surface area contributed by atoms with Crippen LogP contribution in [0.5, 0.6) is 0 Å². The molecular weight excluding hydrogens is 359 g/mol. The fourth-order valence-corrected chi connectivity index (χ4v) is 2.79. The quantitative estimate of drug-likeness (QED) is 0.793. The molecule has 2 rings (SSSR count). The summed E-state index contributed by atoms with van der Waals surface area (Å²) in [5.41, 5.74) is -0.762. The molecule has 0 aliphatic rings. The van der Waals surface area contributed by atoms with Gasteiger partial charge in [-0.05, 0) is 25.5 Å². The second kappa shape index (κ2) is 5.76. The van der Waals surface area contributed by atoms with E-state index < -0.39 is 27.2 Å². The Morgan fingerprint density at radius 2 is 1.82 bits per heavy atom. The molecule has 0 amide bonds. The van der Waals surface area contributed by atoms with E-state index in [0.29, 0.717) is 23.2 Å². The maximum atomic E-state index is 13.5. The average molecular weight is 369 g/mol. The Bertz CT molecular complexity index is 816. The van der Waals surface area contributed by atoms with Crippen molar-refractivity contribution in [3.63, 3.8) is 0 Å². The summed E-state index contributed by atoms with van der Waals surface area (Å²) in [7, 11) is 0. The van der Waals surface area contributed by atoms with Crippen molar-refractivity contribution in [1.82, 2.24) is 14.8 Å². The first-order valence-electron chi connectivity index (χ1n) is 6.04. The fraction of sp³-hybridized carbons (Fsp3) is 0.308. The van der Waals surface area contributed by atoms with Crippen molar-refractivity contribution in [3.8, 4) is 5.82 Å². The molecule has 4 nitrogen and oxygen atoms in total. The Balaban J connectivity index is 2.80. The zero-order valence-electron chi connectivity index (χ0n) is 11.7. The van der Waals surface area contributed by atoms with Crippen molar-refractivity contribution < 1.29 is 8.78 Å². The summed E-state index contributed by atoms with van der Waals surface area (Å²) in [5.74, 6) is -3.26. The summed E-state index contributed by atoms with van der Waals surface area (Å²) in [5, 5.41) is 2.85. The lowest BCUT2D eigenvalue weighted by Crippen LogP contribution is -2.28. The van der Waals surface area contributed by atoms with Crippen LogP contribution in [0.3, 0.4) is 0 Å². The molecule has 0 aliphatic carbocycles. The monoisotopic (exact) mass is 367 g/mol. The topological polar surface area (TPSA) is 47.8 Å². The van der Waals surface area contributed by atoms with E-state index in [1.54, 1.807) is 19.9 Å². The summed E-state index contributed by atoms with van der Waals surface area (Å²) < 4.78 is 27.8. The number of hydrogen-bond donors (Lipinski definition) is 0. The van der Waals surface area contributed by atoms with Crippen LogP contribution in [0.2, 0.25) is 15.2 Å². The van der Waals surface area contributed by atoms with Gasteiger partial charge in [0, 0.05) is 6.92 Å². The van der Waals surface area contributed by atoms with Gasteiger partial charge < -0.3 is 0 Å². The molecule has 2 heterocycles. The highest BCUT2D eigenvalue weighted by atomic mass is 35.5. The predicted molar refractivity (Wildman–Crippen MR) is 81.7 cm³/mol. The Labute approximate surface area is 139 Å². The van der Waals surface area contributed by atoms with E-state index in [9.17, 15) is 13.6 Å². The van der Waals surface area contributed by atoms with E-state index in [2.05, 4.69) is 10.1 Å². The third-order valence-electron chi connectivity index (χ3n) is 2.95. The molecule has 0 aromatic carbocycles. The molecule has 0 bridgehead atoms. The van der Waals surface area contributed by atoms with E-state index in [1.807, 2.05) is 0 Å². The van der Waals surface area contributed by atoms with Crippen molar-refractivity contribution in [2.24, 2.45) is 0 Å². The van der Waals surface area contributed by atoms with Gasteiger partial charge in [0.05, 0.1) is 16.3 Å². The van der Waals surface area contributed by atoms with Gasteiger partial charge in [0.15, 0.2) is 11.0 Å². The number of aryl methyl sites for hydroxylation is 2. The lowest BCUT2D eigenvalue weighted by molar-refractivity contribution is 0.0170. The highest BCUT2D eigenvalue weighted by Gasteiger charge is 2.34. The Morgan fingerprint density at radius 1 is 1.23 bits per heavy atom. The summed E-state index contributed by atoms with van der Waals surface area (Å²) in [6, 6.07) is 1.58. The number of nitrogens with zero attached hydrogens (tertiary/aromatic N) is 3. The molecule has 0 spiro atoms. The highest BCUT2D eigenvalue weighted by molar-refractivity contribution is 6.35. The number of halogens is 5. The Hall–Kier alpha value is -1.24. The van der Waals surface area contributed by atoms with Crippen LogP contribution in [0.15, 0.2) is 10.9 Å². The fourth-order valence-electron chi connectivity index (χ4n) is 1.86. The lowest BCUT2D eigenvalue weighted by Gasteiger charge is -2.16. The SMILES string of the molecule is Cc1cc(Cl)c(C)nc1-n1nc(Cl)c(C(C)(F)F)c(Cl)c1=O. The Morgan fingerprint density at radius 3 is 2.36 bits per heavy atom. The van der Waals surface area contributed by atoms with E-state index in [4.69, 9.17) is 34.8 Å². The van der Waals surface area contributed by atoms with E-state index in [0.717, 1.165) is 4.68 Å². The van der Waals surface area contributed by atoms with Crippen molar-refractivity contribution in [1.29, 1.82) is 0 Å². The zero-order chi connectivity index (χ0) is 16.8. The van der Waals surface area contributed by atoms with E-state index in [-0.39, 0.29) is 5.82 Å². The number of pyridine rings is 1.